The molecule has 3 rings (SSSR count). The number of amides is 5. The molecule has 5 amide bonds. The molecule has 14 heteroatoms. The summed E-state index contributed by atoms with van der Waals surface area (Å²) in [6, 6.07) is 8.71. The third kappa shape index (κ3) is 10.1. The first kappa shape index (κ1) is 34.1. The van der Waals surface area contributed by atoms with Crippen molar-refractivity contribution < 1.29 is 38.6 Å². The van der Waals surface area contributed by atoms with Crippen molar-refractivity contribution in [3.8, 4) is 11.5 Å². The lowest BCUT2D eigenvalue weighted by Gasteiger charge is -2.26. The topological polar surface area (TPSA) is 184 Å². The van der Waals surface area contributed by atoms with Crippen molar-refractivity contribution in [1.29, 1.82) is 0 Å². The molecule has 238 valence electrons. The number of nitrogens with one attached hydrogen (secondary N) is 5. The second-order valence-electron chi connectivity index (χ2n) is 10.6. The highest BCUT2D eigenvalue weighted by molar-refractivity contribution is 6.30. The van der Waals surface area contributed by atoms with Crippen LogP contribution in [-0.2, 0) is 19.2 Å². The summed E-state index contributed by atoms with van der Waals surface area (Å²) in [4.78, 5) is 65.4. The van der Waals surface area contributed by atoms with Crippen LogP contribution in [0, 0.1) is 5.92 Å². The lowest BCUT2D eigenvalue weighted by atomic mass is 10.0. The molecule has 2 aromatic carbocycles. The molecule has 4 atom stereocenters. The second-order valence-corrected chi connectivity index (χ2v) is 11.0. The average molecular weight is 632 g/mol. The van der Waals surface area contributed by atoms with Gasteiger partial charge in [0, 0.05) is 5.02 Å². The zero-order valence-corrected chi connectivity index (χ0v) is 25.5. The van der Waals surface area contributed by atoms with Crippen LogP contribution in [0.15, 0.2) is 48.5 Å². The first-order valence-corrected chi connectivity index (χ1v) is 14.6. The predicted molar refractivity (Wildman–Crippen MR) is 161 cm³/mol. The van der Waals surface area contributed by atoms with Crippen molar-refractivity contribution in [1.82, 2.24) is 26.6 Å². The molecule has 13 nitrogen and oxygen atoms in total. The molecule has 2 aromatic rings. The van der Waals surface area contributed by atoms with Crippen molar-refractivity contribution in [3.63, 3.8) is 0 Å². The van der Waals surface area contributed by atoms with Gasteiger partial charge >= 0.3 is 0 Å². The highest BCUT2D eigenvalue weighted by Crippen LogP contribution is 2.19. The number of para-hydroxylation sites is 1. The van der Waals surface area contributed by atoms with E-state index in [1.54, 1.807) is 63.2 Å². The van der Waals surface area contributed by atoms with Crippen molar-refractivity contribution >= 4 is 41.1 Å². The number of aliphatic hydroxyl groups excluding tert-OH is 1. The second kappa shape index (κ2) is 16.5. The Morgan fingerprint density at radius 3 is 2.41 bits per heavy atom. The van der Waals surface area contributed by atoms with Crippen molar-refractivity contribution in [2.75, 3.05) is 26.4 Å². The van der Waals surface area contributed by atoms with Gasteiger partial charge in [0.1, 0.15) is 42.8 Å². The van der Waals surface area contributed by atoms with Gasteiger partial charge in [-0.3, -0.25) is 24.0 Å². The smallest absolute Gasteiger partial charge is 0.255 e. The number of ether oxygens (including phenoxy) is 2. The van der Waals surface area contributed by atoms with Crippen molar-refractivity contribution in [2.45, 2.75) is 51.4 Å². The normalized spacial score (nSPS) is 21.9. The number of aliphatic hydroxyl groups is 1. The Hall–Kier alpha value is -4.36. The summed E-state index contributed by atoms with van der Waals surface area (Å²) in [5.41, 5.74) is 0.102. The number of benzene rings is 2. The Morgan fingerprint density at radius 2 is 1.73 bits per heavy atom. The summed E-state index contributed by atoms with van der Waals surface area (Å²) < 4.78 is 11.4. The summed E-state index contributed by atoms with van der Waals surface area (Å²) in [5.74, 6) is -3.05. The molecule has 0 saturated carbocycles. The Kier molecular flexibility index (Phi) is 12.8. The molecule has 6 N–H and O–H groups in total. The maximum absolute atomic E-state index is 13.3. The van der Waals surface area contributed by atoms with E-state index in [0.717, 1.165) is 0 Å². The van der Waals surface area contributed by atoms with Crippen LogP contribution in [-0.4, -0.2) is 85.2 Å². The quantitative estimate of drug-likeness (QED) is 0.239. The van der Waals surface area contributed by atoms with Gasteiger partial charge in [0.2, 0.25) is 23.6 Å². The van der Waals surface area contributed by atoms with Gasteiger partial charge in [-0.25, -0.2) is 0 Å². The van der Waals surface area contributed by atoms with E-state index >= 15 is 0 Å². The van der Waals surface area contributed by atoms with E-state index in [9.17, 15) is 29.1 Å². The highest BCUT2D eigenvalue weighted by atomic mass is 35.5. The van der Waals surface area contributed by atoms with Crippen LogP contribution in [0.1, 0.15) is 37.6 Å². The van der Waals surface area contributed by atoms with Crippen LogP contribution in [0.5, 0.6) is 11.5 Å². The summed E-state index contributed by atoms with van der Waals surface area (Å²) in [7, 11) is 0. The third-order valence-corrected chi connectivity index (χ3v) is 6.84. The minimum absolute atomic E-state index is 0.00830. The summed E-state index contributed by atoms with van der Waals surface area (Å²) in [5, 5.41) is 23.3. The number of rotatable bonds is 7. The molecule has 1 aliphatic rings. The molecule has 0 bridgehead atoms. The monoisotopic (exact) mass is 631 g/mol. The fourth-order valence-electron chi connectivity index (χ4n) is 4.23. The molecule has 0 spiro atoms. The molecular formula is C30H38ClN5O8. The van der Waals surface area contributed by atoms with Gasteiger partial charge < -0.3 is 41.2 Å². The number of carbonyl (C=O) groups excluding carboxylic acids is 5. The lowest BCUT2D eigenvalue weighted by Crippen LogP contribution is -2.58. The molecule has 44 heavy (non-hydrogen) atoms. The number of halogens is 1. The molecule has 0 unspecified atom stereocenters. The van der Waals surface area contributed by atoms with Crippen LogP contribution in [0.25, 0.3) is 0 Å². The van der Waals surface area contributed by atoms with Crippen LogP contribution >= 0.6 is 11.6 Å². The first-order chi connectivity index (χ1) is 21.0. The van der Waals surface area contributed by atoms with Gasteiger partial charge in [-0.05, 0) is 49.2 Å². The Labute approximate surface area is 260 Å². The van der Waals surface area contributed by atoms with E-state index in [1.807, 2.05) is 0 Å². The van der Waals surface area contributed by atoms with Crippen LogP contribution < -0.4 is 36.1 Å². The predicted octanol–water partition coefficient (Wildman–Crippen LogP) is 0.539. The number of hydrogen-bond acceptors (Lipinski definition) is 8. The van der Waals surface area contributed by atoms with Crippen LogP contribution in [0.4, 0.5) is 0 Å². The first-order valence-electron chi connectivity index (χ1n) is 14.2. The SMILES string of the molecule is CC(C)[C@H]1NC(=O)[C@H](CO)NC(=O)C[C@@H](C(=O)NCCOc2ccc(Cl)cc2)NC(=O)c2ccccc2OC[C@H](C)NC1=O. The molecular weight excluding hydrogens is 594 g/mol. The summed E-state index contributed by atoms with van der Waals surface area (Å²) in [6.07, 6.45) is -0.562. The van der Waals surface area contributed by atoms with Crippen LogP contribution in [0.2, 0.25) is 5.02 Å². The fraction of sp³-hybridized carbons (Fsp3) is 0.433. The van der Waals surface area contributed by atoms with Crippen LogP contribution in [0.3, 0.4) is 0 Å². The van der Waals surface area contributed by atoms with E-state index in [2.05, 4.69) is 26.6 Å². The molecule has 0 radical (unpaired) electrons. The van der Waals surface area contributed by atoms with Crippen molar-refractivity contribution in [2.24, 2.45) is 5.92 Å². The molecule has 1 heterocycles. The standard InChI is InChI=1S/C30H38ClN5O8/c1-17(2)26-30(42)33-18(3)16-44-24-7-5-4-6-21(24)27(39)35-22(14-25(38)34-23(15-37)29(41)36-26)28(40)32-12-13-43-20-10-8-19(31)9-11-20/h4-11,17-18,22-23,26,37H,12-16H2,1-3H3,(H,32,40)(H,33,42)(H,34,38)(H,35,39)(H,36,41)/t18-,22-,23-,26+/m0/s1. The maximum Gasteiger partial charge on any atom is 0.255 e. The van der Waals surface area contributed by atoms with Gasteiger partial charge in [0.05, 0.1) is 31.2 Å². The molecule has 0 saturated heterocycles. The minimum atomic E-state index is -1.42. The molecule has 1 aliphatic heterocycles. The number of hydrogen-bond donors (Lipinski definition) is 6. The largest absolute Gasteiger partial charge is 0.492 e. The minimum Gasteiger partial charge on any atom is -0.492 e. The van der Waals surface area contributed by atoms with Gasteiger partial charge in [-0.15, -0.1) is 0 Å². The van der Waals surface area contributed by atoms with Gasteiger partial charge in [-0.1, -0.05) is 37.6 Å². The molecule has 0 fully saturated rings. The maximum atomic E-state index is 13.3. The third-order valence-electron chi connectivity index (χ3n) is 6.59. The highest BCUT2D eigenvalue weighted by Gasteiger charge is 2.31. The number of carbonyl (C=O) groups is 5. The van der Waals surface area contributed by atoms with Gasteiger partial charge in [0.25, 0.3) is 5.91 Å². The van der Waals surface area contributed by atoms with E-state index in [1.165, 1.54) is 6.07 Å². The summed E-state index contributed by atoms with van der Waals surface area (Å²) >= 11 is 5.88. The lowest BCUT2D eigenvalue weighted by molar-refractivity contribution is -0.134. The van der Waals surface area contributed by atoms with Gasteiger partial charge in [0.15, 0.2) is 0 Å². The van der Waals surface area contributed by atoms with E-state index < -0.39 is 66.7 Å². The zero-order valence-electron chi connectivity index (χ0n) is 24.7. The van der Waals surface area contributed by atoms with Crippen molar-refractivity contribution in [3.05, 3.63) is 59.1 Å². The van der Waals surface area contributed by atoms with E-state index in [0.29, 0.717) is 10.8 Å². The Morgan fingerprint density at radius 1 is 1.02 bits per heavy atom. The average Bonchev–Trinajstić information content (AvgIpc) is 2.99. The van der Waals surface area contributed by atoms with E-state index in [4.69, 9.17) is 21.1 Å². The summed E-state index contributed by atoms with van der Waals surface area (Å²) in [6.45, 7) is 4.52. The molecule has 0 aliphatic carbocycles. The Balaban J connectivity index is 1.82. The molecule has 0 aromatic heterocycles. The van der Waals surface area contributed by atoms with E-state index in [-0.39, 0.29) is 37.0 Å². The number of fused-ring (bicyclic) bond motifs is 1. The Bertz CT molecular complexity index is 1320. The van der Waals surface area contributed by atoms with Gasteiger partial charge in [-0.2, -0.15) is 0 Å². The zero-order chi connectivity index (χ0) is 32.2. The fourth-order valence-corrected chi connectivity index (χ4v) is 4.36.